The van der Waals surface area contributed by atoms with Crippen molar-refractivity contribution in [3.8, 4) is 0 Å². The smallest absolute Gasteiger partial charge is 0.211 e. The van der Waals surface area contributed by atoms with E-state index in [4.69, 9.17) is 4.74 Å². The Bertz CT molecular complexity index is 311. The second-order valence-electron chi connectivity index (χ2n) is 4.82. The fraction of sp³-hybridized carbons (Fsp3) is 1.00. The van der Waals surface area contributed by atoms with Gasteiger partial charge in [-0.15, -0.1) is 12.4 Å². The molecule has 2 N–H and O–H groups in total. The minimum Gasteiger partial charge on any atom is -0.384 e. The Morgan fingerprint density at radius 2 is 1.94 bits per heavy atom. The van der Waals surface area contributed by atoms with Crippen LogP contribution in [0, 0.1) is 5.41 Å². The zero-order valence-electron chi connectivity index (χ0n) is 11.2. The number of piperidine rings is 1. The maximum Gasteiger partial charge on any atom is 0.211 e. The minimum atomic E-state index is -3.11. The molecule has 0 saturated carbocycles. The molecule has 1 aliphatic rings. The first kappa shape index (κ1) is 18.1. The molecule has 0 aliphatic carbocycles. The molecular formula is C11H25ClN2O3S. The molecule has 0 spiro atoms. The molecule has 18 heavy (non-hydrogen) atoms. The van der Waals surface area contributed by atoms with Gasteiger partial charge < -0.3 is 10.1 Å². The SMILES string of the molecule is CCCS(=O)(=O)NCC1(COC)CCNCC1.Cl. The Morgan fingerprint density at radius 1 is 1.33 bits per heavy atom. The van der Waals surface area contributed by atoms with E-state index >= 15 is 0 Å². The predicted octanol–water partition coefficient (Wildman–Crippen LogP) is 0.754. The van der Waals surface area contributed by atoms with E-state index in [1.54, 1.807) is 7.11 Å². The van der Waals surface area contributed by atoms with Gasteiger partial charge in [-0.05, 0) is 32.4 Å². The molecule has 1 saturated heterocycles. The monoisotopic (exact) mass is 300 g/mol. The Balaban J connectivity index is 0.00000289. The molecule has 0 radical (unpaired) electrons. The van der Waals surface area contributed by atoms with Crippen LogP contribution < -0.4 is 10.0 Å². The molecule has 1 aliphatic heterocycles. The fourth-order valence-electron chi connectivity index (χ4n) is 2.24. The molecule has 0 atom stereocenters. The van der Waals surface area contributed by atoms with Gasteiger partial charge in [-0.25, -0.2) is 13.1 Å². The lowest BCUT2D eigenvalue weighted by Gasteiger charge is -2.37. The first-order chi connectivity index (χ1) is 8.04. The molecule has 0 bridgehead atoms. The van der Waals surface area contributed by atoms with Gasteiger partial charge in [0.25, 0.3) is 0 Å². The largest absolute Gasteiger partial charge is 0.384 e. The van der Waals surface area contributed by atoms with Crippen LogP contribution in [0.5, 0.6) is 0 Å². The van der Waals surface area contributed by atoms with Crippen LogP contribution in [0.3, 0.4) is 0 Å². The van der Waals surface area contributed by atoms with Crippen molar-refractivity contribution in [3.05, 3.63) is 0 Å². The molecular weight excluding hydrogens is 276 g/mol. The zero-order chi connectivity index (χ0) is 12.8. The van der Waals surface area contributed by atoms with Gasteiger partial charge in [0.2, 0.25) is 10.0 Å². The van der Waals surface area contributed by atoms with Crippen LogP contribution in [0.15, 0.2) is 0 Å². The maximum atomic E-state index is 11.7. The third-order valence-corrected chi connectivity index (χ3v) is 4.78. The van der Waals surface area contributed by atoms with Gasteiger partial charge in [0.05, 0.1) is 12.4 Å². The number of rotatable bonds is 7. The quantitative estimate of drug-likeness (QED) is 0.728. The molecule has 5 nitrogen and oxygen atoms in total. The topological polar surface area (TPSA) is 67.4 Å². The lowest BCUT2D eigenvalue weighted by atomic mass is 9.80. The highest BCUT2D eigenvalue weighted by Crippen LogP contribution is 2.28. The summed E-state index contributed by atoms with van der Waals surface area (Å²) in [7, 11) is -1.44. The van der Waals surface area contributed by atoms with Crippen molar-refractivity contribution in [3.63, 3.8) is 0 Å². The zero-order valence-corrected chi connectivity index (χ0v) is 12.8. The molecule has 0 aromatic heterocycles. The number of hydrogen-bond acceptors (Lipinski definition) is 4. The summed E-state index contributed by atoms with van der Waals surface area (Å²) in [5.41, 5.74) is -0.0409. The second-order valence-corrected chi connectivity index (χ2v) is 6.75. The molecule has 1 heterocycles. The summed E-state index contributed by atoms with van der Waals surface area (Å²) in [5, 5.41) is 3.29. The van der Waals surface area contributed by atoms with E-state index in [2.05, 4.69) is 10.0 Å². The van der Waals surface area contributed by atoms with Crippen molar-refractivity contribution in [1.82, 2.24) is 10.0 Å². The van der Waals surface area contributed by atoms with Crippen LogP contribution in [-0.4, -0.2) is 47.5 Å². The average molecular weight is 301 g/mol. The van der Waals surface area contributed by atoms with Crippen LogP contribution in [0.25, 0.3) is 0 Å². The molecule has 110 valence electrons. The number of methoxy groups -OCH3 is 1. The van der Waals surface area contributed by atoms with Gasteiger partial charge in [-0.1, -0.05) is 6.92 Å². The minimum absolute atomic E-state index is 0. The normalized spacial score (nSPS) is 19.2. The van der Waals surface area contributed by atoms with Crippen molar-refractivity contribution >= 4 is 22.4 Å². The summed E-state index contributed by atoms with van der Waals surface area (Å²) in [4.78, 5) is 0. The van der Waals surface area contributed by atoms with Crippen LogP contribution in [0.4, 0.5) is 0 Å². The number of halogens is 1. The van der Waals surface area contributed by atoms with Gasteiger partial charge in [-0.3, -0.25) is 0 Å². The Labute approximate surface area is 117 Å². The summed E-state index contributed by atoms with van der Waals surface area (Å²) in [6, 6.07) is 0. The third kappa shape index (κ3) is 5.84. The van der Waals surface area contributed by atoms with Gasteiger partial charge in [-0.2, -0.15) is 0 Å². The molecule has 1 fully saturated rings. The summed E-state index contributed by atoms with van der Waals surface area (Å²) >= 11 is 0. The molecule has 0 aromatic rings. The number of nitrogens with one attached hydrogen (secondary N) is 2. The fourth-order valence-corrected chi connectivity index (χ4v) is 3.45. The number of hydrogen-bond donors (Lipinski definition) is 2. The highest BCUT2D eigenvalue weighted by molar-refractivity contribution is 7.89. The van der Waals surface area contributed by atoms with Crippen LogP contribution in [0.2, 0.25) is 0 Å². The van der Waals surface area contributed by atoms with E-state index < -0.39 is 10.0 Å². The van der Waals surface area contributed by atoms with Crippen LogP contribution in [0.1, 0.15) is 26.2 Å². The molecule has 1 rings (SSSR count). The summed E-state index contributed by atoms with van der Waals surface area (Å²) in [6.07, 6.45) is 2.55. The standard InChI is InChI=1S/C11H24N2O3S.ClH/c1-3-8-17(14,15)13-9-11(10-16-2)4-6-12-7-5-11;/h12-13H,3-10H2,1-2H3;1H. The molecule has 0 amide bonds. The molecule has 0 unspecified atom stereocenters. The second kappa shape index (κ2) is 8.32. The summed E-state index contributed by atoms with van der Waals surface area (Å²) in [6.45, 7) is 4.83. The van der Waals surface area contributed by atoms with E-state index in [9.17, 15) is 8.42 Å². The number of sulfonamides is 1. The van der Waals surface area contributed by atoms with E-state index in [1.165, 1.54) is 0 Å². The Morgan fingerprint density at radius 3 is 2.44 bits per heavy atom. The van der Waals surface area contributed by atoms with Gasteiger partial charge in [0.1, 0.15) is 0 Å². The van der Waals surface area contributed by atoms with E-state index in [0.717, 1.165) is 25.9 Å². The highest BCUT2D eigenvalue weighted by Gasteiger charge is 2.33. The van der Waals surface area contributed by atoms with Crippen molar-refractivity contribution in [1.29, 1.82) is 0 Å². The lowest BCUT2D eigenvalue weighted by molar-refractivity contribution is 0.0577. The summed E-state index contributed by atoms with van der Waals surface area (Å²) in [5.74, 6) is 0.203. The highest BCUT2D eigenvalue weighted by atomic mass is 35.5. The maximum absolute atomic E-state index is 11.7. The average Bonchev–Trinajstić information content (AvgIpc) is 2.29. The van der Waals surface area contributed by atoms with Crippen LogP contribution in [-0.2, 0) is 14.8 Å². The van der Waals surface area contributed by atoms with E-state index in [1.807, 2.05) is 6.92 Å². The van der Waals surface area contributed by atoms with E-state index in [-0.39, 0.29) is 23.6 Å². The van der Waals surface area contributed by atoms with Crippen molar-refractivity contribution in [2.75, 3.05) is 39.1 Å². The summed E-state index contributed by atoms with van der Waals surface area (Å²) < 4.78 is 31.3. The van der Waals surface area contributed by atoms with Crippen molar-refractivity contribution in [2.45, 2.75) is 26.2 Å². The number of ether oxygens (including phenoxy) is 1. The van der Waals surface area contributed by atoms with Crippen LogP contribution >= 0.6 is 12.4 Å². The third-order valence-electron chi connectivity index (χ3n) is 3.25. The first-order valence-electron chi connectivity index (χ1n) is 6.21. The molecule has 7 heteroatoms. The Kier molecular flexibility index (Phi) is 8.38. The molecule has 0 aromatic carbocycles. The lowest BCUT2D eigenvalue weighted by Crippen LogP contribution is -2.47. The van der Waals surface area contributed by atoms with Gasteiger partial charge >= 0.3 is 0 Å². The van der Waals surface area contributed by atoms with E-state index in [0.29, 0.717) is 19.6 Å². The predicted molar refractivity (Wildman–Crippen MR) is 75.7 cm³/mol. The Hall–Kier alpha value is 0.120. The van der Waals surface area contributed by atoms with Gasteiger partial charge in [0, 0.05) is 19.1 Å². The van der Waals surface area contributed by atoms with Crippen molar-refractivity contribution < 1.29 is 13.2 Å². The van der Waals surface area contributed by atoms with Crippen molar-refractivity contribution in [2.24, 2.45) is 5.41 Å². The first-order valence-corrected chi connectivity index (χ1v) is 7.86. The van der Waals surface area contributed by atoms with Gasteiger partial charge in [0.15, 0.2) is 0 Å².